The Bertz CT molecular complexity index is 455. The Balaban J connectivity index is 1.68. The number of aromatic nitrogens is 2. The van der Waals surface area contributed by atoms with Gasteiger partial charge in [0.1, 0.15) is 0 Å². The molecule has 1 unspecified atom stereocenters. The quantitative estimate of drug-likeness (QED) is 0.898. The van der Waals surface area contributed by atoms with Crippen LogP contribution in [0.2, 0.25) is 0 Å². The summed E-state index contributed by atoms with van der Waals surface area (Å²) in [7, 11) is 0. The average molecular weight is 247 g/mol. The Morgan fingerprint density at radius 3 is 3.29 bits per heavy atom. The normalized spacial score (nSPS) is 19.9. The number of hydrogen-bond acceptors (Lipinski definition) is 3. The fourth-order valence-corrected chi connectivity index (χ4v) is 3.15. The van der Waals surface area contributed by atoms with Gasteiger partial charge in [-0.1, -0.05) is 0 Å². The van der Waals surface area contributed by atoms with Crippen LogP contribution in [0.3, 0.4) is 0 Å². The Hall–Kier alpha value is -1.13. The van der Waals surface area contributed by atoms with Crippen molar-refractivity contribution in [3.05, 3.63) is 40.6 Å². The van der Waals surface area contributed by atoms with Crippen molar-refractivity contribution in [3.8, 4) is 0 Å². The minimum Gasteiger partial charge on any atom is -0.334 e. The number of imidazole rings is 1. The van der Waals surface area contributed by atoms with Crippen molar-refractivity contribution in [2.75, 3.05) is 13.1 Å². The Morgan fingerprint density at radius 1 is 1.53 bits per heavy atom. The van der Waals surface area contributed by atoms with Crippen molar-refractivity contribution in [2.45, 2.75) is 25.3 Å². The molecule has 0 spiro atoms. The van der Waals surface area contributed by atoms with Crippen molar-refractivity contribution in [2.24, 2.45) is 0 Å². The first-order valence-corrected chi connectivity index (χ1v) is 7.09. The zero-order chi connectivity index (χ0) is 11.5. The number of nitrogens with zero attached hydrogens (tertiary/aromatic N) is 2. The summed E-state index contributed by atoms with van der Waals surface area (Å²) in [6, 6.07) is 2.21. The van der Waals surface area contributed by atoms with Gasteiger partial charge in [0.15, 0.2) is 0 Å². The van der Waals surface area contributed by atoms with Crippen LogP contribution in [0.5, 0.6) is 0 Å². The minimum atomic E-state index is 0.653. The second kappa shape index (κ2) is 5.02. The first-order chi connectivity index (χ1) is 8.43. The molecule has 90 valence electrons. The van der Waals surface area contributed by atoms with E-state index < -0.39 is 0 Å². The predicted octanol–water partition coefficient (Wildman–Crippen LogP) is 2.26. The molecule has 1 aliphatic rings. The molecule has 0 bridgehead atoms. The topological polar surface area (TPSA) is 29.9 Å². The summed E-state index contributed by atoms with van der Waals surface area (Å²) in [6.45, 7) is 3.28. The lowest BCUT2D eigenvalue weighted by Crippen LogP contribution is -2.12. The lowest BCUT2D eigenvalue weighted by atomic mass is 10.1. The van der Waals surface area contributed by atoms with Gasteiger partial charge in [-0.05, 0) is 41.8 Å². The summed E-state index contributed by atoms with van der Waals surface area (Å²) in [4.78, 5) is 4.30. The highest BCUT2D eigenvalue weighted by Crippen LogP contribution is 2.22. The highest BCUT2D eigenvalue weighted by atomic mass is 32.1. The van der Waals surface area contributed by atoms with E-state index in [0.717, 1.165) is 26.1 Å². The fourth-order valence-electron chi connectivity index (χ4n) is 2.45. The molecule has 1 saturated heterocycles. The largest absolute Gasteiger partial charge is 0.334 e. The number of hydrogen-bond donors (Lipinski definition) is 1. The Labute approximate surface area is 106 Å². The maximum Gasteiger partial charge on any atom is 0.0948 e. The second-order valence-electron chi connectivity index (χ2n) is 4.58. The molecule has 1 atom stereocenters. The van der Waals surface area contributed by atoms with Crippen LogP contribution in [0, 0.1) is 0 Å². The molecule has 3 heterocycles. The van der Waals surface area contributed by atoms with E-state index >= 15 is 0 Å². The molecular formula is C13H17N3S. The van der Waals surface area contributed by atoms with Gasteiger partial charge in [0, 0.05) is 30.9 Å². The molecule has 0 amide bonds. The molecule has 0 aliphatic carbocycles. The van der Waals surface area contributed by atoms with E-state index in [9.17, 15) is 0 Å². The first-order valence-electron chi connectivity index (χ1n) is 6.15. The summed E-state index contributed by atoms with van der Waals surface area (Å²) in [6.07, 6.45) is 6.35. The lowest BCUT2D eigenvalue weighted by molar-refractivity contribution is 0.613. The van der Waals surface area contributed by atoms with Gasteiger partial charge in [0.2, 0.25) is 0 Å². The maximum absolute atomic E-state index is 4.30. The lowest BCUT2D eigenvalue weighted by Gasteiger charge is -2.12. The second-order valence-corrected chi connectivity index (χ2v) is 5.36. The van der Waals surface area contributed by atoms with Gasteiger partial charge in [0.05, 0.1) is 6.33 Å². The van der Waals surface area contributed by atoms with Gasteiger partial charge in [-0.25, -0.2) is 4.98 Å². The molecule has 0 radical (unpaired) electrons. The summed E-state index contributed by atoms with van der Waals surface area (Å²) in [5.74, 6) is 0.653. The van der Waals surface area contributed by atoms with E-state index in [1.807, 2.05) is 12.5 Å². The maximum atomic E-state index is 4.30. The smallest absolute Gasteiger partial charge is 0.0948 e. The molecule has 2 aromatic rings. The predicted molar refractivity (Wildman–Crippen MR) is 70.5 cm³/mol. The van der Waals surface area contributed by atoms with Crippen molar-refractivity contribution in [1.82, 2.24) is 14.9 Å². The van der Waals surface area contributed by atoms with Gasteiger partial charge in [-0.3, -0.25) is 0 Å². The van der Waals surface area contributed by atoms with Gasteiger partial charge < -0.3 is 9.88 Å². The van der Waals surface area contributed by atoms with E-state index in [2.05, 4.69) is 31.7 Å². The summed E-state index contributed by atoms with van der Waals surface area (Å²) in [5.41, 5.74) is 2.82. The molecule has 17 heavy (non-hydrogen) atoms. The third-order valence-electron chi connectivity index (χ3n) is 3.44. The van der Waals surface area contributed by atoms with Crippen LogP contribution in [-0.4, -0.2) is 22.6 Å². The third-order valence-corrected chi connectivity index (χ3v) is 4.18. The molecule has 3 nitrogen and oxygen atoms in total. The molecule has 1 fully saturated rings. The van der Waals surface area contributed by atoms with Crippen LogP contribution in [0.15, 0.2) is 29.4 Å². The zero-order valence-electron chi connectivity index (χ0n) is 9.80. The molecule has 2 aromatic heterocycles. The number of aryl methyl sites for hydroxylation is 2. The van der Waals surface area contributed by atoms with E-state index in [4.69, 9.17) is 0 Å². The molecular weight excluding hydrogens is 230 g/mol. The van der Waals surface area contributed by atoms with Gasteiger partial charge in [-0.15, -0.1) is 0 Å². The molecule has 1 aliphatic heterocycles. The molecule has 0 saturated carbocycles. The van der Waals surface area contributed by atoms with Crippen molar-refractivity contribution < 1.29 is 0 Å². The van der Waals surface area contributed by atoms with Gasteiger partial charge in [-0.2, -0.15) is 11.3 Å². The van der Waals surface area contributed by atoms with Crippen LogP contribution in [-0.2, 0) is 13.0 Å². The number of thiophene rings is 1. The van der Waals surface area contributed by atoms with Crippen molar-refractivity contribution >= 4 is 11.3 Å². The molecule has 0 aromatic carbocycles. The van der Waals surface area contributed by atoms with E-state index in [1.54, 1.807) is 11.3 Å². The molecule has 1 N–H and O–H groups in total. The van der Waals surface area contributed by atoms with Crippen LogP contribution in [0.25, 0.3) is 0 Å². The highest BCUT2D eigenvalue weighted by molar-refractivity contribution is 7.07. The first kappa shape index (κ1) is 11.0. The monoisotopic (exact) mass is 247 g/mol. The van der Waals surface area contributed by atoms with Crippen molar-refractivity contribution in [3.63, 3.8) is 0 Å². The number of rotatable bonds is 4. The fraction of sp³-hybridized carbons (Fsp3) is 0.462. The highest BCUT2D eigenvalue weighted by Gasteiger charge is 2.19. The van der Waals surface area contributed by atoms with Gasteiger partial charge in [0.25, 0.3) is 0 Å². The van der Waals surface area contributed by atoms with Crippen LogP contribution >= 0.6 is 11.3 Å². The van der Waals surface area contributed by atoms with Crippen molar-refractivity contribution in [1.29, 1.82) is 0 Å². The number of nitrogens with one attached hydrogen (secondary N) is 1. The van der Waals surface area contributed by atoms with Gasteiger partial charge >= 0.3 is 0 Å². The summed E-state index contributed by atoms with van der Waals surface area (Å²) < 4.78 is 2.31. The average Bonchev–Trinajstić information content (AvgIpc) is 3.09. The SMILES string of the molecule is c1cc(CCn2cncc2C2CCNC2)cs1. The van der Waals surface area contributed by atoms with E-state index in [1.165, 1.54) is 17.7 Å². The molecule has 3 rings (SSSR count). The third kappa shape index (κ3) is 2.42. The summed E-state index contributed by atoms with van der Waals surface area (Å²) >= 11 is 1.77. The zero-order valence-corrected chi connectivity index (χ0v) is 10.6. The van der Waals surface area contributed by atoms with E-state index in [-0.39, 0.29) is 0 Å². The summed E-state index contributed by atoms with van der Waals surface area (Å²) in [5, 5.41) is 7.79. The molecule has 4 heteroatoms. The Morgan fingerprint density at radius 2 is 2.53 bits per heavy atom. The van der Waals surface area contributed by atoms with Crippen LogP contribution in [0.4, 0.5) is 0 Å². The van der Waals surface area contributed by atoms with Crippen LogP contribution in [0.1, 0.15) is 23.6 Å². The minimum absolute atomic E-state index is 0.653. The standard InChI is InChI=1S/C13H17N3S/c1-4-14-7-12(1)13-8-15-10-16(13)5-2-11-3-6-17-9-11/h3,6,8-10,12,14H,1-2,4-5,7H2. The Kier molecular flexibility index (Phi) is 3.25. The van der Waals surface area contributed by atoms with Crippen LogP contribution < -0.4 is 5.32 Å². The van der Waals surface area contributed by atoms with E-state index in [0.29, 0.717) is 5.92 Å².